The monoisotopic (exact) mass is 279 g/mol. The molecule has 0 aliphatic rings. The Kier molecular flexibility index (Phi) is 4.14. The van der Waals surface area contributed by atoms with Crippen molar-refractivity contribution in [2.75, 3.05) is 21.3 Å². The summed E-state index contributed by atoms with van der Waals surface area (Å²) in [6, 6.07) is 3.52. The zero-order valence-electron chi connectivity index (χ0n) is 11.9. The average molecular weight is 279 g/mol. The Hall–Kier alpha value is -2.21. The van der Waals surface area contributed by atoms with Crippen LogP contribution in [0.4, 0.5) is 0 Å². The maximum Gasteiger partial charge on any atom is 0.203 e. The van der Waals surface area contributed by atoms with Gasteiger partial charge < -0.3 is 23.8 Å². The summed E-state index contributed by atoms with van der Waals surface area (Å²) < 4.78 is 21.0. The number of hydrogen-bond acceptors (Lipinski definition) is 6. The van der Waals surface area contributed by atoms with Crippen molar-refractivity contribution in [2.24, 2.45) is 0 Å². The number of hydrogen-bond donors (Lipinski definition) is 1. The highest BCUT2D eigenvalue weighted by molar-refractivity contribution is 5.70. The standard InChI is InChI=1S/C14H17NO5/c1-8-10(7-16)13(15-20-8)9-5-11(17-2)14(19-4)12(6-9)18-3/h5-6,16H,7H2,1-4H3. The van der Waals surface area contributed by atoms with Crippen LogP contribution >= 0.6 is 0 Å². The fourth-order valence-corrected chi connectivity index (χ4v) is 2.02. The van der Waals surface area contributed by atoms with E-state index < -0.39 is 0 Å². The molecule has 1 N–H and O–H groups in total. The molecule has 0 saturated heterocycles. The van der Waals surface area contributed by atoms with E-state index in [1.807, 2.05) is 0 Å². The van der Waals surface area contributed by atoms with Crippen molar-refractivity contribution >= 4 is 0 Å². The lowest BCUT2D eigenvalue weighted by molar-refractivity contribution is 0.278. The van der Waals surface area contributed by atoms with Crippen LogP contribution in [-0.4, -0.2) is 31.6 Å². The highest BCUT2D eigenvalue weighted by atomic mass is 16.5. The minimum absolute atomic E-state index is 0.151. The van der Waals surface area contributed by atoms with E-state index in [0.29, 0.717) is 34.3 Å². The first-order valence-electron chi connectivity index (χ1n) is 6.02. The van der Waals surface area contributed by atoms with Crippen LogP contribution in [0.25, 0.3) is 11.3 Å². The van der Waals surface area contributed by atoms with Crippen LogP contribution in [0.1, 0.15) is 11.3 Å². The second kappa shape index (κ2) is 5.83. The third-order valence-corrected chi connectivity index (χ3v) is 3.08. The molecule has 0 bridgehead atoms. The van der Waals surface area contributed by atoms with Gasteiger partial charge in [-0.25, -0.2) is 0 Å². The number of aromatic nitrogens is 1. The number of aliphatic hydroxyl groups excluding tert-OH is 1. The number of methoxy groups -OCH3 is 3. The summed E-state index contributed by atoms with van der Waals surface area (Å²) >= 11 is 0. The SMILES string of the molecule is COc1cc(-c2noc(C)c2CO)cc(OC)c1OC. The van der Waals surface area contributed by atoms with Gasteiger partial charge in [0.15, 0.2) is 11.5 Å². The zero-order valence-corrected chi connectivity index (χ0v) is 11.9. The van der Waals surface area contributed by atoms with Gasteiger partial charge in [0.2, 0.25) is 5.75 Å². The Balaban J connectivity index is 2.62. The largest absolute Gasteiger partial charge is 0.493 e. The quantitative estimate of drug-likeness (QED) is 0.904. The molecular formula is C14H17NO5. The number of aliphatic hydroxyl groups is 1. The van der Waals surface area contributed by atoms with Crippen molar-refractivity contribution in [3.8, 4) is 28.5 Å². The van der Waals surface area contributed by atoms with Gasteiger partial charge in [0.1, 0.15) is 11.5 Å². The smallest absolute Gasteiger partial charge is 0.203 e. The maximum absolute atomic E-state index is 9.42. The van der Waals surface area contributed by atoms with Crippen LogP contribution in [0.5, 0.6) is 17.2 Å². The number of ether oxygens (including phenoxy) is 3. The lowest BCUT2D eigenvalue weighted by Crippen LogP contribution is -1.96. The van der Waals surface area contributed by atoms with Crippen LogP contribution in [0.2, 0.25) is 0 Å². The molecule has 0 unspecified atom stereocenters. The van der Waals surface area contributed by atoms with E-state index in [1.165, 1.54) is 0 Å². The first-order chi connectivity index (χ1) is 9.65. The van der Waals surface area contributed by atoms with E-state index >= 15 is 0 Å². The number of benzene rings is 1. The molecule has 6 heteroatoms. The highest BCUT2D eigenvalue weighted by Crippen LogP contribution is 2.41. The Bertz CT molecular complexity index is 581. The molecule has 0 aliphatic heterocycles. The molecule has 1 heterocycles. The van der Waals surface area contributed by atoms with E-state index in [9.17, 15) is 5.11 Å². The van der Waals surface area contributed by atoms with Crippen molar-refractivity contribution in [2.45, 2.75) is 13.5 Å². The van der Waals surface area contributed by atoms with Crippen molar-refractivity contribution in [1.29, 1.82) is 0 Å². The topological polar surface area (TPSA) is 74.0 Å². The number of aryl methyl sites for hydroxylation is 1. The van der Waals surface area contributed by atoms with Gasteiger partial charge in [-0.3, -0.25) is 0 Å². The van der Waals surface area contributed by atoms with Crippen molar-refractivity contribution in [3.63, 3.8) is 0 Å². The first kappa shape index (κ1) is 14.2. The van der Waals surface area contributed by atoms with E-state index in [0.717, 1.165) is 5.56 Å². The van der Waals surface area contributed by atoms with Crippen LogP contribution in [0.15, 0.2) is 16.7 Å². The minimum Gasteiger partial charge on any atom is -0.493 e. The fraction of sp³-hybridized carbons (Fsp3) is 0.357. The molecule has 6 nitrogen and oxygen atoms in total. The van der Waals surface area contributed by atoms with E-state index in [2.05, 4.69) is 5.16 Å². The predicted molar refractivity (Wildman–Crippen MR) is 72.3 cm³/mol. The maximum atomic E-state index is 9.42. The molecule has 2 rings (SSSR count). The van der Waals surface area contributed by atoms with Gasteiger partial charge in [0.25, 0.3) is 0 Å². The second-order valence-corrected chi connectivity index (χ2v) is 4.14. The predicted octanol–water partition coefficient (Wildman–Crippen LogP) is 2.17. The third kappa shape index (κ3) is 2.30. The Morgan fingerprint density at radius 2 is 1.70 bits per heavy atom. The van der Waals surface area contributed by atoms with Gasteiger partial charge in [-0.05, 0) is 19.1 Å². The average Bonchev–Trinajstić information content (AvgIpc) is 2.86. The molecule has 1 aromatic heterocycles. The molecule has 0 aliphatic carbocycles. The molecule has 0 fully saturated rings. The lowest BCUT2D eigenvalue weighted by Gasteiger charge is -2.13. The Labute approximate surface area is 116 Å². The zero-order chi connectivity index (χ0) is 14.7. The first-order valence-corrected chi connectivity index (χ1v) is 6.02. The minimum atomic E-state index is -0.151. The summed E-state index contributed by atoms with van der Waals surface area (Å²) in [4.78, 5) is 0. The molecule has 0 radical (unpaired) electrons. The molecule has 20 heavy (non-hydrogen) atoms. The molecule has 1 aromatic carbocycles. The van der Waals surface area contributed by atoms with Gasteiger partial charge in [-0.1, -0.05) is 5.16 Å². The van der Waals surface area contributed by atoms with E-state index in [-0.39, 0.29) is 6.61 Å². The molecule has 0 saturated carbocycles. The molecule has 0 amide bonds. The molecule has 0 atom stereocenters. The van der Waals surface area contributed by atoms with Crippen molar-refractivity contribution < 1.29 is 23.8 Å². The van der Waals surface area contributed by atoms with Gasteiger partial charge >= 0.3 is 0 Å². The number of rotatable bonds is 5. The summed E-state index contributed by atoms with van der Waals surface area (Å²) in [6.45, 7) is 1.60. The lowest BCUT2D eigenvalue weighted by atomic mass is 10.1. The number of nitrogens with zero attached hydrogens (tertiary/aromatic N) is 1. The van der Waals surface area contributed by atoms with Crippen LogP contribution < -0.4 is 14.2 Å². The molecule has 108 valence electrons. The van der Waals surface area contributed by atoms with E-state index in [1.54, 1.807) is 40.4 Å². The Morgan fingerprint density at radius 1 is 1.10 bits per heavy atom. The van der Waals surface area contributed by atoms with E-state index in [4.69, 9.17) is 18.7 Å². The van der Waals surface area contributed by atoms with Crippen molar-refractivity contribution in [3.05, 3.63) is 23.5 Å². The fourth-order valence-electron chi connectivity index (χ4n) is 2.02. The van der Waals surface area contributed by atoms with Crippen LogP contribution in [0.3, 0.4) is 0 Å². The van der Waals surface area contributed by atoms with Gasteiger partial charge in [0.05, 0.1) is 27.9 Å². The highest BCUT2D eigenvalue weighted by Gasteiger charge is 2.19. The normalized spacial score (nSPS) is 10.4. The summed E-state index contributed by atoms with van der Waals surface area (Å²) in [5.41, 5.74) is 1.92. The van der Waals surface area contributed by atoms with Crippen LogP contribution in [-0.2, 0) is 6.61 Å². The summed E-state index contributed by atoms with van der Waals surface area (Å²) in [7, 11) is 4.63. The van der Waals surface area contributed by atoms with Gasteiger partial charge in [-0.15, -0.1) is 0 Å². The molecule has 2 aromatic rings. The molecule has 0 spiro atoms. The van der Waals surface area contributed by atoms with Crippen LogP contribution in [0, 0.1) is 6.92 Å². The van der Waals surface area contributed by atoms with Crippen molar-refractivity contribution in [1.82, 2.24) is 5.16 Å². The van der Waals surface area contributed by atoms with Gasteiger partial charge in [-0.2, -0.15) is 0 Å². The second-order valence-electron chi connectivity index (χ2n) is 4.14. The Morgan fingerprint density at radius 3 is 2.15 bits per heavy atom. The van der Waals surface area contributed by atoms with Gasteiger partial charge in [0, 0.05) is 11.1 Å². The third-order valence-electron chi connectivity index (χ3n) is 3.08. The molecular weight excluding hydrogens is 262 g/mol. The summed E-state index contributed by atoms with van der Waals surface area (Å²) in [6.07, 6.45) is 0. The summed E-state index contributed by atoms with van der Waals surface area (Å²) in [5, 5.41) is 13.4. The summed E-state index contributed by atoms with van der Waals surface area (Å²) in [5.74, 6) is 2.12.